The molecule has 1 aromatic carbocycles. The molecular formula is C12H14BrN3O4S. The maximum absolute atomic E-state index is 12.7. The van der Waals surface area contributed by atoms with Gasteiger partial charge in [-0.1, -0.05) is 0 Å². The van der Waals surface area contributed by atoms with Gasteiger partial charge in [-0.3, -0.25) is 14.9 Å². The van der Waals surface area contributed by atoms with Gasteiger partial charge in [-0.2, -0.15) is 4.31 Å². The number of nitrogens with zero attached hydrogens (tertiary/aromatic N) is 1. The van der Waals surface area contributed by atoms with Crippen molar-refractivity contribution in [3.8, 4) is 0 Å². The van der Waals surface area contributed by atoms with Crippen LogP contribution in [0.1, 0.15) is 12.5 Å². The van der Waals surface area contributed by atoms with E-state index < -0.39 is 34.4 Å². The molecule has 0 aromatic heterocycles. The van der Waals surface area contributed by atoms with Crippen molar-refractivity contribution >= 4 is 43.5 Å². The van der Waals surface area contributed by atoms with Crippen LogP contribution in [0.4, 0.5) is 5.69 Å². The number of benzene rings is 1. The number of rotatable bonds is 2. The number of carbonyl (C=O) groups excluding carboxylic acids is 2. The second-order valence-corrected chi connectivity index (χ2v) is 7.49. The topological polar surface area (TPSA) is 110 Å². The molecule has 0 saturated carbocycles. The minimum Gasteiger partial charge on any atom is -0.398 e. The molecule has 9 heteroatoms. The Hall–Kier alpha value is -1.45. The standard InChI is InChI=1S/C12H14BrN3O4S/c1-6-3-8(13)9(14)4-10(6)21(19,20)16-5-11(17)15-12(18)7(16)2/h3-4,7H,5,14H2,1-2H3,(H,15,17,18). The lowest BCUT2D eigenvalue weighted by molar-refractivity contribution is -0.136. The van der Waals surface area contributed by atoms with Gasteiger partial charge in [0.1, 0.15) is 6.04 Å². The zero-order valence-corrected chi connectivity index (χ0v) is 13.8. The van der Waals surface area contributed by atoms with Gasteiger partial charge in [0.25, 0.3) is 0 Å². The maximum atomic E-state index is 12.7. The fraction of sp³-hybridized carbons (Fsp3) is 0.333. The van der Waals surface area contributed by atoms with Crippen molar-refractivity contribution in [3.63, 3.8) is 0 Å². The van der Waals surface area contributed by atoms with Crippen LogP contribution in [-0.2, 0) is 19.6 Å². The van der Waals surface area contributed by atoms with E-state index in [0.717, 1.165) is 4.31 Å². The van der Waals surface area contributed by atoms with E-state index in [4.69, 9.17) is 5.73 Å². The molecule has 1 aliphatic rings. The second-order valence-electron chi connectivity index (χ2n) is 4.78. The first-order chi connectivity index (χ1) is 9.64. The lowest BCUT2D eigenvalue weighted by Gasteiger charge is -2.31. The molecule has 3 N–H and O–H groups in total. The van der Waals surface area contributed by atoms with Crippen molar-refractivity contribution in [2.24, 2.45) is 0 Å². The average Bonchev–Trinajstić information content (AvgIpc) is 2.37. The SMILES string of the molecule is Cc1cc(Br)c(N)cc1S(=O)(=O)N1CC(=O)NC(=O)C1C. The lowest BCUT2D eigenvalue weighted by Crippen LogP contribution is -2.58. The van der Waals surface area contributed by atoms with Gasteiger partial charge in [0.2, 0.25) is 21.8 Å². The summed E-state index contributed by atoms with van der Waals surface area (Å²) in [6.07, 6.45) is 0. The fourth-order valence-electron chi connectivity index (χ4n) is 2.06. The number of imide groups is 1. The first kappa shape index (κ1) is 15.9. The van der Waals surface area contributed by atoms with Gasteiger partial charge in [-0.15, -0.1) is 0 Å². The molecule has 0 spiro atoms. The van der Waals surface area contributed by atoms with Crippen LogP contribution in [0.2, 0.25) is 0 Å². The van der Waals surface area contributed by atoms with E-state index in [1.807, 2.05) is 0 Å². The monoisotopic (exact) mass is 375 g/mol. The number of anilines is 1. The summed E-state index contributed by atoms with van der Waals surface area (Å²) in [7, 11) is -4.00. The Morgan fingerprint density at radius 2 is 2.00 bits per heavy atom. The number of sulfonamides is 1. The first-order valence-corrected chi connectivity index (χ1v) is 8.29. The predicted octanol–water partition coefficient (Wildman–Crippen LogP) is 0.375. The van der Waals surface area contributed by atoms with Crippen LogP contribution >= 0.6 is 15.9 Å². The molecule has 21 heavy (non-hydrogen) atoms. The Bertz CT molecular complexity index is 732. The minimum atomic E-state index is -4.00. The van der Waals surface area contributed by atoms with E-state index in [1.54, 1.807) is 13.0 Å². The number of hydrogen-bond acceptors (Lipinski definition) is 5. The molecule has 2 rings (SSSR count). The summed E-state index contributed by atoms with van der Waals surface area (Å²) in [5, 5.41) is 2.10. The average molecular weight is 376 g/mol. The summed E-state index contributed by atoms with van der Waals surface area (Å²) in [6.45, 7) is 2.65. The molecule has 2 amide bonds. The van der Waals surface area contributed by atoms with Crippen LogP contribution in [0.15, 0.2) is 21.5 Å². The van der Waals surface area contributed by atoms with E-state index in [1.165, 1.54) is 13.0 Å². The zero-order valence-electron chi connectivity index (χ0n) is 11.4. The summed E-state index contributed by atoms with van der Waals surface area (Å²) in [5.74, 6) is -1.29. The van der Waals surface area contributed by atoms with E-state index in [2.05, 4.69) is 21.2 Å². The van der Waals surface area contributed by atoms with Crippen LogP contribution in [0.5, 0.6) is 0 Å². The molecule has 1 aromatic rings. The van der Waals surface area contributed by atoms with Gasteiger partial charge >= 0.3 is 0 Å². The summed E-state index contributed by atoms with van der Waals surface area (Å²) >= 11 is 3.22. The van der Waals surface area contributed by atoms with Gasteiger partial charge in [-0.25, -0.2) is 8.42 Å². The molecule has 1 heterocycles. The highest BCUT2D eigenvalue weighted by atomic mass is 79.9. The molecule has 1 fully saturated rings. The maximum Gasteiger partial charge on any atom is 0.244 e. The largest absolute Gasteiger partial charge is 0.398 e. The third kappa shape index (κ3) is 2.81. The van der Waals surface area contributed by atoms with E-state index in [-0.39, 0.29) is 10.6 Å². The van der Waals surface area contributed by atoms with Crippen molar-refractivity contribution in [3.05, 3.63) is 22.2 Å². The Kier molecular flexibility index (Phi) is 4.09. The number of halogens is 1. The molecule has 0 radical (unpaired) electrons. The van der Waals surface area contributed by atoms with Gasteiger partial charge < -0.3 is 5.73 Å². The summed E-state index contributed by atoms with van der Waals surface area (Å²) < 4.78 is 26.9. The normalized spacial score (nSPS) is 20.4. The quantitative estimate of drug-likeness (QED) is 0.573. The minimum absolute atomic E-state index is 0.0162. The third-order valence-corrected chi connectivity index (χ3v) is 6.00. The number of nitrogen functional groups attached to an aromatic ring is 1. The molecular weight excluding hydrogens is 362 g/mol. The fourth-order valence-corrected chi connectivity index (χ4v) is 4.31. The van der Waals surface area contributed by atoms with Gasteiger partial charge in [-0.05, 0) is 47.5 Å². The number of piperazine rings is 1. The Balaban J connectivity index is 2.54. The number of hydrogen-bond donors (Lipinski definition) is 2. The van der Waals surface area contributed by atoms with Crippen LogP contribution in [0, 0.1) is 6.92 Å². The van der Waals surface area contributed by atoms with Crippen LogP contribution in [0.25, 0.3) is 0 Å². The van der Waals surface area contributed by atoms with Crippen molar-refractivity contribution < 1.29 is 18.0 Å². The van der Waals surface area contributed by atoms with Crippen LogP contribution < -0.4 is 11.1 Å². The summed E-state index contributed by atoms with van der Waals surface area (Å²) in [5.41, 5.74) is 6.47. The van der Waals surface area contributed by atoms with E-state index in [9.17, 15) is 18.0 Å². The molecule has 1 unspecified atom stereocenters. The highest BCUT2D eigenvalue weighted by molar-refractivity contribution is 9.10. The first-order valence-electron chi connectivity index (χ1n) is 6.05. The number of amides is 2. The third-order valence-electron chi connectivity index (χ3n) is 3.25. The molecule has 0 bridgehead atoms. The van der Waals surface area contributed by atoms with Crippen molar-refractivity contribution in [2.45, 2.75) is 24.8 Å². The summed E-state index contributed by atoms with van der Waals surface area (Å²) in [4.78, 5) is 23.1. The summed E-state index contributed by atoms with van der Waals surface area (Å²) in [6, 6.07) is 1.94. The van der Waals surface area contributed by atoms with Crippen molar-refractivity contribution in [1.29, 1.82) is 0 Å². The van der Waals surface area contributed by atoms with Gasteiger partial charge in [0.05, 0.1) is 11.4 Å². The van der Waals surface area contributed by atoms with Crippen molar-refractivity contribution in [1.82, 2.24) is 9.62 Å². The number of aryl methyl sites for hydroxylation is 1. The number of carbonyl (C=O) groups is 2. The van der Waals surface area contributed by atoms with Gasteiger partial charge in [0.15, 0.2) is 0 Å². The molecule has 1 atom stereocenters. The molecule has 1 saturated heterocycles. The Labute approximate surface area is 130 Å². The Morgan fingerprint density at radius 3 is 2.62 bits per heavy atom. The van der Waals surface area contributed by atoms with Gasteiger partial charge in [0, 0.05) is 10.2 Å². The van der Waals surface area contributed by atoms with E-state index in [0.29, 0.717) is 10.0 Å². The zero-order chi connectivity index (χ0) is 15.9. The van der Waals surface area contributed by atoms with Crippen molar-refractivity contribution in [2.75, 3.05) is 12.3 Å². The highest BCUT2D eigenvalue weighted by Crippen LogP contribution is 2.29. The second kappa shape index (κ2) is 5.39. The van der Waals surface area contributed by atoms with E-state index >= 15 is 0 Å². The molecule has 1 aliphatic heterocycles. The number of nitrogens with one attached hydrogen (secondary N) is 1. The molecule has 0 aliphatic carbocycles. The van der Waals surface area contributed by atoms with Crippen LogP contribution in [0.3, 0.4) is 0 Å². The molecule has 114 valence electrons. The predicted molar refractivity (Wildman–Crippen MR) is 79.8 cm³/mol. The van der Waals surface area contributed by atoms with Crippen LogP contribution in [-0.4, -0.2) is 37.1 Å². The number of nitrogens with two attached hydrogens (primary N) is 1. The molecule has 7 nitrogen and oxygen atoms in total. The highest BCUT2D eigenvalue weighted by Gasteiger charge is 2.39. The Morgan fingerprint density at radius 1 is 1.38 bits per heavy atom. The smallest absolute Gasteiger partial charge is 0.244 e. The lowest BCUT2D eigenvalue weighted by atomic mass is 10.2.